The van der Waals surface area contributed by atoms with Gasteiger partial charge in [-0.05, 0) is 12.1 Å². The smallest absolute Gasteiger partial charge is 0.342 e. The Morgan fingerprint density at radius 2 is 2.06 bits per heavy atom. The summed E-state index contributed by atoms with van der Waals surface area (Å²) in [6, 6.07) is 10.9. The van der Waals surface area contributed by atoms with Gasteiger partial charge in [-0.25, -0.2) is 15.1 Å². The number of carbonyl (C=O) groups excluding carboxylic acids is 1. The maximum atomic E-state index is 11.6. The molecule has 0 saturated heterocycles. The molecule has 90 valence electrons. The maximum absolute atomic E-state index is 11.6. The Labute approximate surface area is 109 Å². The van der Waals surface area contributed by atoms with E-state index in [2.05, 4.69) is 10.3 Å². The SMILES string of the molecule is O=C1O[C@@H](Nc2ccc(Cl)c[nH+]2)c2ccccc21. The standard InChI is InChI=1S/C13H9ClN2O2/c14-8-5-6-11(15-7-8)16-12-9-3-1-2-4-10(9)13(17)18-12/h1-7,12H,(H,15,16)/p+1/t12-/m1/s1. The predicted octanol–water partition coefficient (Wildman–Crippen LogP) is 2.44. The lowest BCUT2D eigenvalue weighted by Crippen LogP contribution is -2.17. The zero-order valence-corrected chi connectivity index (χ0v) is 10.1. The largest absolute Gasteiger partial charge is 0.414 e. The zero-order valence-electron chi connectivity index (χ0n) is 9.31. The van der Waals surface area contributed by atoms with Crippen LogP contribution in [0, 0.1) is 0 Å². The molecule has 1 aromatic carbocycles. The van der Waals surface area contributed by atoms with Gasteiger partial charge in [0.25, 0.3) is 12.0 Å². The molecule has 1 atom stereocenters. The van der Waals surface area contributed by atoms with E-state index in [0.29, 0.717) is 10.6 Å². The lowest BCUT2D eigenvalue weighted by Gasteiger charge is -2.07. The second kappa shape index (κ2) is 4.31. The van der Waals surface area contributed by atoms with Crippen molar-refractivity contribution in [2.24, 2.45) is 0 Å². The second-order valence-corrected chi connectivity index (χ2v) is 4.37. The van der Waals surface area contributed by atoms with Gasteiger partial charge >= 0.3 is 5.97 Å². The summed E-state index contributed by atoms with van der Waals surface area (Å²) in [5, 5.41) is 3.71. The van der Waals surface area contributed by atoms with Crippen LogP contribution in [0.25, 0.3) is 0 Å². The molecule has 0 fully saturated rings. The van der Waals surface area contributed by atoms with E-state index in [-0.39, 0.29) is 5.97 Å². The number of nitrogens with one attached hydrogen (secondary N) is 2. The molecular formula is C13H10ClN2O2+. The van der Waals surface area contributed by atoms with Crippen molar-refractivity contribution in [1.82, 2.24) is 0 Å². The summed E-state index contributed by atoms with van der Waals surface area (Å²) in [6.07, 6.45) is 1.19. The summed E-state index contributed by atoms with van der Waals surface area (Å²) in [7, 11) is 0. The van der Waals surface area contributed by atoms with Gasteiger partial charge < -0.3 is 4.74 Å². The topological polar surface area (TPSA) is 52.5 Å². The number of aromatic amines is 1. The van der Waals surface area contributed by atoms with Gasteiger partial charge in [-0.2, -0.15) is 0 Å². The van der Waals surface area contributed by atoms with E-state index < -0.39 is 6.23 Å². The highest BCUT2D eigenvalue weighted by Gasteiger charge is 2.33. The molecule has 0 saturated carbocycles. The van der Waals surface area contributed by atoms with Gasteiger partial charge in [0.1, 0.15) is 6.20 Å². The molecule has 0 unspecified atom stereocenters. The van der Waals surface area contributed by atoms with Gasteiger partial charge in [-0.3, -0.25) is 0 Å². The molecule has 18 heavy (non-hydrogen) atoms. The third-order valence-corrected chi connectivity index (χ3v) is 2.98. The fourth-order valence-electron chi connectivity index (χ4n) is 1.89. The van der Waals surface area contributed by atoms with E-state index in [9.17, 15) is 4.79 Å². The molecule has 0 bridgehead atoms. The third-order valence-electron chi connectivity index (χ3n) is 2.75. The van der Waals surface area contributed by atoms with E-state index in [0.717, 1.165) is 11.4 Å². The molecule has 2 N–H and O–H groups in total. The van der Waals surface area contributed by atoms with Crippen molar-refractivity contribution in [2.45, 2.75) is 6.23 Å². The average Bonchev–Trinajstić information content (AvgIpc) is 2.70. The van der Waals surface area contributed by atoms with E-state index in [4.69, 9.17) is 16.3 Å². The number of pyridine rings is 1. The first-order chi connectivity index (χ1) is 8.74. The Morgan fingerprint density at radius 3 is 2.83 bits per heavy atom. The number of hydrogen-bond donors (Lipinski definition) is 1. The summed E-state index contributed by atoms with van der Waals surface area (Å²) in [4.78, 5) is 14.6. The highest BCUT2D eigenvalue weighted by atomic mass is 35.5. The van der Waals surface area contributed by atoms with Crippen LogP contribution in [0.15, 0.2) is 42.6 Å². The van der Waals surface area contributed by atoms with Crippen molar-refractivity contribution in [3.05, 3.63) is 58.7 Å². The summed E-state index contributed by atoms with van der Waals surface area (Å²) in [6.45, 7) is 0. The molecule has 1 aromatic heterocycles. The molecule has 1 aliphatic heterocycles. The highest BCUT2D eigenvalue weighted by molar-refractivity contribution is 6.30. The third kappa shape index (κ3) is 1.91. The number of hydrogen-bond acceptors (Lipinski definition) is 3. The van der Waals surface area contributed by atoms with E-state index in [1.165, 1.54) is 0 Å². The molecule has 2 heterocycles. The van der Waals surface area contributed by atoms with E-state index >= 15 is 0 Å². The van der Waals surface area contributed by atoms with Crippen LogP contribution in [0.2, 0.25) is 5.02 Å². The van der Waals surface area contributed by atoms with E-state index in [1.54, 1.807) is 24.4 Å². The molecule has 0 amide bonds. The molecule has 2 aromatic rings. The van der Waals surface area contributed by atoms with Crippen molar-refractivity contribution in [2.75, 3.05) is 5.32 Å². The maximum Gasteiger partial charge on any atom is 0.342 e. The van der Waals surface area contributed by atoms with Crippen LogP contribution in [0.1, 0.15) is 22.1 Å². The van der Waals surface area contributed by atoms with Crippen LogP contribution in [0.4, 0.5) is 5.82 Å². The van der Waals surface area contributed by atoms with Crippen LogP contribution in [0.3, 0.4) is 0 Å². The first kappa shape index (κ1) is 11.0. The van der Waals surface area contributed by atoms with Crippen molar-refractivity contribution in [1.29, 1.82) is 0 Å². The molecule has 4 nitrogen and oxygen atoms in total. The molecule has 3 rings (SSSR count). The molecular weight excluding hydrogens is 252 g/mol. The number of halogens is 1. The monoisotopic (exact) mass is 261 g/mol. The Morgan fingerprint density at radius 1 is 1.22 bits per heavy atom. The first-order valence-corrected chi connectivity index (χ1v) is 5.85. The van der Waals surface area contributed by atoms with Crippen LogP contribution < -0.4 is 10.3 Å². The average molecular weight is 262 g/mol. The van der Waals surface area contributed by atoms with Crippen molar-refractivity contribution >= 4 is 23.4 Å². The number of carbonyl (C=O) groups is 1. The van der Waals surface area contributed by atoms with Crippen LogP contribution >= 0.6 is 11.6 Å². The lowest BCUT2D eigenvalue weighted by molar-refractivity contribution is -0.361. The minimum atomic E-state index is -0.467. The summed E-state index contributed by atoms with van der Waals surface area (Å²) < 4.78 is 5.26. The summed E-state index contributed by atoms with van der Waals surface area (Å²) in [5.41, 5.74) is 1.44. The lowest BCUT2D eigenvalue weighted by atomic mass is 10.1. The van der Waals surface area contributed by atoms with E-state index in [1.807, 2.05) is 18.2 Å². The number of fused-ring (bicyclic) bond motifs is 1. The molecule has 1 aliphatic rings. The number of esters is 1. The van der Waals surface area contributed by atoms with Crippen molar-refractivity contribution in [3.8, 4) is 0 Å². The minimum absolute atomic E-state index is 0.308. The van der Waals surface area contributed by atoms with Crippen molar-refractivity contribution in [3.63, 3.8) is 0 Å². The van der Waals surface area contributed by atoms with Crippen LogP contribution in [0.5, 0.6) is 0 Å². The minimum Gasteiger partial charge on any atom is -0.414 e. The van der Waals surface area contributed by atoms with Crippen molar-refractivity contribution < 1.29 is 14.5 Å². The molecule has 0 aliphatic carbocycles. The fourth-order valence-corrected chi connectivity index (χ4v) is 2.01. The van der Waals surface area contributed by atoms with Crippen LogP contribution in [-0.4, -0.2) is 5.97 Å². The number of benzene rings is 1. The number of anilines is 1. The van der Waals surface area contributed by atoms with Gasteiger partial charge in [0.2, 0.25) is 0 Å². The number of aromatic nitrogens is 1. The summed E-state index contributed by atoms with van der Waals surface area (Å²) >= 11 is 5.79. The predicted molar refractivity (Wildman–Crippen MR) is 66.2 cm³/mol. The Balaban J connectivity index is 1.87. The zero-order chi connectivity index (χ0) is 12.5. The number of rotatable bonds is 2. The number of ether oxygens (including phenoxy) is 1. The van der Waals surface area contributed by atoms with Gasteiger partial charge in [0, 0.05) is 6.07 Å². The molecule has 5 heteroatoms. The Kier molecular flexibility index (Phi) is 2.64. The number of cyclic esters (lactones) is 1. The first-order valence-electron chi connectivity index (χ1n) is 5.48. The molecule has 0 spiro atoms. The van der Waals surface area contributed by atoms with Gasteiger partial charge in [-0.15, -0.1) is 0 Å². The van der Waals surface area contributed by atoms with Gasteiger partial charge in [0.15, 0.2) is 0 Å². The van der Waals surface area contributed by atoms with Gasteiger partial charge in [-0.1, -0.05) is 29.8 Å². The van der Waals surface area contributed by atoms with Gasteiger partial charge in [0.05, 0.1) is 16.1 Å². The normalized spacial score (nSPS) is 17.2. The summed E-state index contributed by atoms with van der Waals surface area (Å²) in [5.74, 6) is 0.422. The quantitative estimate of drug-likeness (QED) is 0.845. The Hall–Kier alpha value is -2.07. The fraction of sp³-hybridized carbons (Fsp3) is 0.0769. The van der Waals surface area contributed by atoms with Crippen LogP contribution in [-0.2, 0) is 4.74 Å². The second-order valence-electron chi connectivity index (χ2n) is 3.94. The molecule has 0 radical (unpaired) electrons. The highest BCUT2D eigenvalue weighted by Crippen LogP contribution is 2.30. The Bertz CT molecular complexity index is 598. The number of H-pyrrole nitrogens is 1.